The van der Waals surface area contributed by atoms with Crippen LogP contribution in [0, 0.1) is 0 Å². The number of nitrogens with zero attached hydrogens (tertiary/aromatic N) is 3. The Bertz CT molecular complexity index is 680. The standard InChI is InChI=1S/C19H23N3O2/c1-15(23)19(24)22-10-8-21(9-11-22)14-16-4-2-5-17(12-16)18-6-3-7-20-13-18/h2-7,12-13,15,23H,8-11,14H2,1H3. The Morgan fingerprint density at radius 3 is 2.58 bits per heavy atom. The number of aliphatic hydroxyl groups excluding tert-OH is 1. The van der Waals surface area contributed by atoms with Crippen LogP contribution in [0.2, 0.25) is 0 Å². The van der Waals surface area contributed by atoms with Gasteiger partial charge >= 0.3 is 0 Å². The minimum absolute atomic E-state index is 0.173. The summed E-state index contributed by atoms with van der Waals surface area (Å²) in [4.78, 5) is 20.1. The van der Waals surface area contributed by atoms with Gasteiger partial charge in [0.1, 0.15) is 6.10 Å². The van der Waals surface area contributed by atoms with Gasteiger partial charge in [-0.25, -0.2) is 0 Å². The van der Waals surface area contributed by atoms with Crippen molar-refractivity contribution >= 4 is 5.91 Å². The average Bonchev–Trinajstić information content (AvgIpc) is 2.63. The summed E-state index contributed by atoms with van der Waals surface area (Å²) in [6.07, 6.45) is 2.74. The van der Waals surface area contributed by atoms with E-state index < -0.39 is 6.10 Å². The van der Waals surface area contributed by atoms with E-state index in [0.29, 0.717) is 13.1 Å². The summed E-state index contributed by atoms with van der Waals surface area (Å²) in [7, 11) is 0. The molecule has 1 aliphatic rings. The lowest BCUT2D eigenvalue weighted by Crippen LogP contribution is -2.50. The zero-order valence-electron chi connectivity index (χ0n) is 13.9. The number of piperazine rings is 1. The number of aromatic nitrogens is 1. The highest BCUT2D eigenvalue weighted by Crippen LogP contribution is 2.20. The van der Waals surface area contributed by atoms with Crippen molar-refractivity contribution in [2.75, 3.05) is 26.2 Å². The molecule has 5 nitrogen and oxygen atoms in total. The number of rotatable bonds is 4. The number of hydrogen-bond donors (Lipinski definition) is 1. The summed E-state index contributed by atoms with van der Waals surface area (Å²) < 4.78 is 0. The molecule has 0 radical (unpaired) electrons. The summed E-state index contributed by atoms with van der Waals surface area (Å²) in [5, 5.41) is 9.40. The van der Waals surface area contributed by atoms with E-state index in [2.05, 4.69) is 40.2 Å². The molecule has 2 aromatic rings. The predicted octanol–water partition coefficient (Wildman–Crippen LogP) is 1.77. The molecule has 126 valence electrons. The highest BCUT2D eigenvalue weighted by atomic mass is 16.3. The summed E-state index contributed by atoms with van der Waals surface area (Å²) in [6.45, 7) is 5.40. The molecule has 3 rings (SSSR count). The maximum absolute atomic E-state index is 11.8. The van der Waals surface area contributed by atoms with Crippen LogP contribution < -0.4 is 0 Å². The zero-order chi connectivity index (χ0) is 16.9. The van der Waals surface area contributed by atoms with E-state index in [9.17, 15) is 9.90 Å². The van der Waals surface area contributed by atoms with Gasteiger partial charge in [-0.2, -0.15) is 0 Å². The van der Waals surface area contributed by atoms with E-state index in [1.165, 1.54) is 18.1 Å². The molecule has 1 N–H and O–H groups in total. The number of benzene rings is 1. The Kier molecular flexibility index (Phi) is 5.23. The maximum Gasteiger partial charge on any atom is 0.251 e. The van der Waals surface area contributed by atoms with Crippen molar-refractivity contribution in [2.45, 2.75) is 19.6 Å². The third-order valence-electron chi connectivity index (χ3n) is 4.37. The second-order valence-corrected chi connectivity index (χ2v) is 6.22. The number of amides is 1. The van der Waals surface area contributed by atoms with Gasteiger partial charge < -0.3 is 10.0 Å². The average molecular weight is 325 g/mol. The van der Waals surface area contributed by atoms with Crippen LogP contribution in [0.4, 0.5) is 0 Å². The normalized spacial score (nSPS) is 16.8. The van der Waals surface area contributed by atoms with Crippen molar-refractivity contribution in [3.8, 4) is 11.1 Å². The van der Waals surface area contributed by atoms with E-state index in [1.54, 1.807) is 11.1 Å². The SMILES string of the molecule is CC(O)C(=O)N1CCN(Cc2cccc(-c3cccnc3)c2)CC1. The van der Waals surface area contributed by atoms with Gasteiger partial charge in [-0.05, 0) is 35.7 Å². The monoisotopic (exact) mass is 325 g/mol. The van der Waals surface area contributed by atoms with Crippen molar-refractivity contribution in [3.63, 3.8) is 0 Å². The van der Waals surface area contributed by atoms with Crippen LogP contribution in [0.3, 0.4) is 0 Å². The lowest BCUT2D eigenvalue weighted by atomic mass is 10.0. The number of pyridine rings is 1. The fourth-order valence-corrected chi connectivity index (χ4v) is 3.03. The third kappa shape index (κ3) is 3.99. The third-order valence-corrected chi connectivity index (χ3v) is 4.37. The highest BCUT2D eigenvalue weighted by Gasteiger charge is 2.23. The van der Waals surface area contributed by atoms with Crippen molar-refractivity contribution in [3.05, 3.63) is 54.4 Å². The van der Waals surface area contributed by atoms with Gasteiger partial charge in [-0.1, -0.05) is 24.3 Å². The number of carbonyl (C=O) groups excluding carboxylic acids is 1. The van der Waals surface area contributed by atoms with Crippen LogP contribution in [0.15, 0.2) is 48.8 Å². The van der Waals surface area contributed by atoms with Gasteiger partial charge in [-0.3, -0.25) is 14.7 Å². The fourth-order valence-electron chi connectivity index (χ4n) is 3.03. The first-order valence-electron chi connectivity index (χ1n) is 8.32. The molecule has 24 heavy (non-hydrogen) atoms. The Labute approximate surface area is 142 Å². The number of aliphatic hydroxyl groups is 1. The summed E-state index contributed by atoms with van der Waals surface area (Å²) in [6, 6.07) is 12.5. The minimum atomic E-state index is -0.910. The van der Waals surface area contributed by atoms with Crippen molar-refractivity contribution < 1.29 is 9.90 Å². The molecule has 1 unspecified atom stereocenters. The van der Waals surface area contributed by atoms with Gasteiger partial charge in [0.05, 0.1) is 0 Å². The van der Waals surface area contributed by atoms with E-state index in [4.69, 9.17) is 0 Å². The van der Waals surface area contributed by atoms with Gasteiger partial charge in [0.25, 0.3) is 5.91 Å². The molecule has 1 saturated heterocycles. The van der Waals surface area contributed by atoms with Gasteiger partial charge in [0, 0.05) is 45.1 Å². The summed E-state index contributed by atoms with van der Waals surface area (Å²) in [5.74, 6) is -0.173. The zero-order valence-corrected chi connectivity index (χ0v) is 13.9. The summed E-state index contributed by atoms with van der Waals surface area (Å²) >= 11 is 0. The van der Waals surface area contributed by atoms with Crippen LogP contribution in [0.1, 0.15) is 12.5 Å². The first kappa shape index (κ1) is 16.6. The molecule has 0 aliphatic carbocycles. The topological polar surface area (TPSA) is 56.7 Å². The van der Waals surface area contributed by atoms with Crippen LogP contribution >= 0.6 is 0 Å². The number of carbonyl (C=O) groups is 1. The fraction of sp³-hybridized carbons (Fsp3) is 0.368. The Hall–Kier alpha value is -2.24. The lowest BCUT2D eigenvalue weighted by Gasteiger charge is -2.35. The van der Waals surface area contributed by atoms with Crippen LogP contribution in [0.25, 0.3) is 11.1 Å². The van der Waals surface area contributed by atoms with Crippen molar-refractivity contribution in [1.29, 1.82) is 0 Å². The molecule has 1 aromatic carbocycles. The van der Waals surface area contributed by atoms with Crippen LogP contribution in [-0.2, 0) is 11.3 Å². The van der Waals surface area contributed by atoms with Gasteiger partial charge in [0.15, 0.2) is 0 Å². The maximum atomic E-state index is 11.8. The molecule has 1 aliphatic heterocycles. The van der Waals surface area contributed by atoms with Gasteiger partial charge in [-0.15, -0.1) is 0 Å². The molecule has 1 amide bonds. The molecule has 5 heteroatoms. The Balaban J connectivity index is 1.61. The van der Waals surface area contributed by atoms with Crippen molar-refractivity contribution in [2.24, 2.45) is 0 Å². The largest absolute Gasteiger partial charge is 0.384 e. The quantitative estimate of drug-likeness (QED) is 0.931. The second kappa shape index (κ2) is 7.55. The predicted molar refractivity (Wildman–Crippen MR) is 93.2 cm³/mol. The number of hydrogen-bond acceptors (Lipinski definition) is 4. The van der Waals surface area contributed by atoms with Crippen LogP contribution in [0.5, 0.6) is 0 Å². The molecule has 0 spiro atoms. The summed E-state index contributed by atoms with van der Waals surface area (Å²) in [5.41, 5.74) is 3.54. The molecule has 1 aromatic heterocycles. The van der Waals surface area contributed by atoms with Gasteiger partial charge in [0.2, 0.25) is 0 Å². The van der Waals surface area contributed by atoms with E-state index in [-0.39, 0.29) is 5.91 Å². The molecule has 1 fully saturated rings. The van der Waals surface area contributed by atoms with E-state index in [0.717, 1.165) is 25.2 Å². The Morgan fingerprint density at radius 2 is 1.92 bits per heavy atom. The highest BCUT2D eigenvalue weighted by molar-refractivity contribution is 5.80. The molecule has 2 heterocycles. The second-order valence-electron chi connectivity index (χ2n) is 6.22. The molecular formula is C19H23N3O2. The van der Waals surface area contributed by atoms with Crippen molar-refractivity contribution in [1.82, 2.24) is 14.8 Å². The molecule has 0 saturated carbocycles. The molecule has 0 bridgehead atoms. The first-order chi connectivity index (χ1) is 11.6. The first-order valence-corrected chi connectivity index (χ1v) is 8.32. The van der Waals surface area contributed by atoms with E-state index >= 15 is 0 Å². The lowest BCUT2D eigenvalue weighted by molar-refractivity contribution is -0.141. The van der Waals surface area contributed by atoms with Crippen LogP contribution in [-0.4, -0.2) is 58.1 Å². The Morgan fingerprint density at radius 1 is 1.17 bits per heavy atom. The smallest absolute Gasteiger partial charge is 0.251 e. The van der Waals surface area contributed by atoms with E-state index in [1.807, 2.05) is 12.3 Å². The minimum Gasteiger partial charge on any atom is -0.384 e. The molecule has 1 atom stereocenters. The molecular weight excluding hydrogens is 302 g/mol.